The van der Waals surface area contributed by atoms with E-state index >= 15 is 0 Å². The summed E-state index contributed by atoms with van der Waals surface area (Å²) in [5.41, 5.74) is 8.27. The second-order valence-corrected chi connectivity index (χ2v) is 5.48. The average Bonchev–Trinajstić information content (AvgIpc) is 2.90. The highest BCUT2D eigenvalue weighted by molar-refractivity contribution is 14.0. The number of nitrogens with one attached hydrogen (secondary N) is 1. The van der Waals surface area contributed by atoms with Gasteiger partial charge in [-0.2, -0.15) is 0 Å². The number of aliphatic imine (C=N–C) groups is 1. The summed E-state index contributed by atoms with van der Waals surface area (Å²) >= 11 is 1.77. The fraction of sp³-hybridized carbons (Fsp3) is 0.267. The van der Waals surface area contributed by atoms with Crippen LogP contribution < -0.4 is 11.1 Å². The van der Waals surface area contributed by atoms with E-state index < -0.39 is 0 Å². The first-order valence-corrected chi connectivity index (χ1v) is 7.24. The third kappa shape index (κ3) is 5.92. The Morgan fingerprint density at radius 1 is 1.30 bits per heavy atom. The van der Waals surface area contributed by atoms with Crippen molar-refractivity contribution in [3.05, 3.63) is 57.8 Å². The van der Waals surface area contributed by atoms with E-state index in [1.54, 1.807) is 11.3 Å². The molecular weight excluding hydrogens is 381 g/mol. The minimum absolute atomic E-state index is 0. The van der Waals surface area contributed by atoms with Crippen LogP contribution in [-0.2, 0) is 13.0 Å². The third-order valence-corrected chi connectivity index (χ3v) is 3.71. The Labute approximate surface area is 141 Å². The molecule has 20 heavy (non-hydrogen) atoms. The summed E-state index contributed by atoms with van der Waals surface area (Å²) in [7, 11) is 0. The monoisotopic (exact) mass is 401 g/mol. The second-order valence-electron chi connectivity index (χ2n) is 4.45. The standard InChI is InChI=1S/C15H19N3S.HI/c1-12-4-2-5-13(10-12)11-18-15(16)17-8-7-14-6-3-9-19-14;/h2-6,9-10H,7-8,11H2,1H3,(H3,16,17,18);1H. The average molecular weight is 401 g/mol. The van der Waals surface area contributed by atoms with Gasteiger partial charge in [-0.05, 0) is 30.4 Å². The second kappa shape index (κ2) is 8.97. The summed E-state index contributed by atoms with van der Waals surface area (Å²) in [6.45, 7) is 3.53. The van der Waals surface area contributed by atoms with E-state index in [9.17, 15) is 0 Å². The first kappa shape index (κ1) is 17.0. The van der Waals surface area contributed by atoms with Gasteiger partial charge in [-0.25, -0.2) is 4.99 Å². The zero-order valence-electron chi connectivity index (χ0n) is 11.5. The minimum Gasteiger partial charge on any atom is -0.370 e. The Kier molecular flexibility index (Phi) is 7.61. The number of aryl methyl sites for hydroxylation is 1. The molecule has 0 saturated heterocycles. The normalized spacial score (nSPS) is 10.9. The number of rotatable bonds is 5. The summed E-state index contributed by atoms with van der Waals surface area (Å²) in [5, 5.41) is 5.23. The van der Waals surface area contributed by atoms with Crippen molar-refractivity contribution >= 4 is 41.3 Å². The molecule has 0 spiro atoms. The summed E-state index contributed by atoms with van der Waals surface area (Å²) in [4.78, 5) is 5.70. The van der Waals surface area contributed by atoms with Crippen LogP contribution in [0.2, 0.25) is 0 Å². The molecule has 0 atom stereocenters. The number of benzene rings is 1. The molecule has 1 heterocycles. The summed E-state index contributed by atoms with van der Waals surface area (Å²) in [6.07, 6.45) is 0.984. The van der Waals surface area contributed by atoms with Crippen molar-refractivity contribution in [3.8, 4) is 0 Å². The lowest BCUT2D eigenvalue weighted by molar-refractivity contribution is 0.857. The summed E-state index contributed by atoms with van der Waals surface area (Å²) in [5.74, 6) is 0.512. The van der Waals surface area contributed by atoms with Gasteiger partial charge in [-0.15, -0.1) is 35.3 Å². The van der Waals surface area contributed by atoms with Crippen molar-refractivity contribution < 1.29 is 0 Å². The molecule has 1 aromatic heterocycles. The van der Waals surface area contributed by atoms with E-state index in [0.29, 0.717) is 12.5 Å². The van der Waals surface area contributed by atoms with Gasteiger partial charge in [0, 0.05) is 11.4 Å². The molecule has 3 N–H and O–H groups in total. The zero-order valence-corrected chi connectivity index (χ0v) is 14.7. The predicted octanol–water partition coefficient (Wildman–Crippen LogP) is 3.32. The first-order chi connectivity index (χ1) is 9.24. The van der Waals surface area contributed by atoms with Crippen LogP contribution in [0.15, 0.2) is 46.8 Å². The van der Waals surface area contributed by atoms with E-state index in [1.165, 1.54) is 16.0 Å². The molecular formula is C15H20IN3S. The van der Waals surface area contributed by atoms with Crippen molar-refractivity contribution in [2.24, 2.45) is 10.7 Å². The molecule has 1 aromatic carbocycles. The Morgan fingerprint density at radius 2 is 2.15 bits per heavy atom. The molecule has 0 bridgehead atoms. The van der Waals surface area contributed by atoms with Crippen LogP contribution in [0, 0.1) is 6.92 Å². The highest BCUT2D eigenvalue weighted by atomic mass is 127. The lowest BCUT2D eigenvalue weighted by Gasteiger charge is -2.05. The van der Waals surface area contributed by atoms with Gasteiger partial charge in [-0.3, -0.25) is 0 Å². The Bertz CT molecular complexity index is 538. The molecule has 0 radical (unpaired) electrons. The maximum atomic E-state index is 5.84. The largest absolute Gasteiger partial charge is 0.370 e. The number of nitrogens with zero attached hydrogens (tertiary/aromatic N) is 1. The lowest BCUT2D eigenvalue weighted by Crippen LogP contribution is -2.33. The van der Waals surface area contributed by atoms with Gasteiger partial charge in [0.25, 0.3) is 0 Å². The topological polar surface area (TPSA) is 50.4 Å². The van der Waals surface area contributed by atoms with Crippen LogP contribution in [0.3, 0.4) is 0 Å². The molecule has 0 fully saturated rings. The minimum atomic E-state index is 0. The molecule has 3 nitrogen and oxygen atoms in total. The molecule has 0 aliphatic carbocycles. The Morgan fingerprint density at radius 3 is 2.85 bits per heavy atom. The molecule has 108 valence electrons. The number of hydrogen-bond acceptors (Lipinski definition) is 2. The quantitative estimate of drug-likeness (QED) is 0.459. The fourth-order valence-corrected chi connectivity index (χ4v) is 2.52. The van der Waals surface area contributed by atoms with Crippen LogP contribution in [0.25, 0.3) is 0 Å². The van der Waals surface area contributed by atoms with E-state index in [1.807, 2.05) is 6.07 Å². The van der Waals surface area contributed by atoms with Crippen molar-refractivity contribution in [2.75, 3.05) is 6.54 Å². The van der Waals surface area contributed by atoms with Crippen LogP contribution in [0.4, 0.5) is 0 Å². The molecule has 0 unspecified atom stereocenters. The van der Waals surface area contributed by atoms with Gasteiger partial charge in [-0.1, -0.05) is 35.9 Å². The van der Waals surface area contributed by atoms with Gasteiger partial charge in [0.05, 0.1) is 6.54 Å². The van der Waals surface area contributed by atoms with E-state index in [0.717, 1.165) is 13.0 Å². The predicted molar refractivity (Wildman–Crippen MR) is 97.9 cm³/mol. The van der Waals surface area contributed by atoms with Gasteiger partial charge in [0.15, 0.2) is 5.96 Å². The molecule has 2 aromatic rings. The maximum Gasteiger partial charge on any atom is 0.188 e. The molecule has 0 amide bonds. The highest BCUT2D eigenvalue weighted by Crippen LogP contribution is 2.08. The van der Waals surface area contributed by atoms with Crippen LogP contribution in [-0.4, -0.2) is 12.5 Å². The fourth-order valence-electron chi connectivity index (χ4n) is 1.81. The van der Waals surface area contributed by atoms with Crippen molar-refractivity contribution in [1.82, 2.24) is 5.32 Å². The molecule has 0 aliphatic heterocycles. The van der Waals surface area contributed by atoms with Crippen LogP contribution in [0.5, 0.6) is 0 Å². The number of hydrogen-bond donors (Lipinski definition) is 2. The summed E-state index contributed by atoms with van der Waals surface area (Å²) < 4.78 is 0. The van der Waals surface area contributed by atoms with Crippen molar-refractivity contribution in [2.45, 2.75) is 19.9 Å². The van der Waals surface area contributed by atoms with Crippen molar-refractivity contribution in [3.63, 3.8) is 0 Å². The number of thiophene rings is 1. The highest BCUT2D eigenvalue weighted by Gasteiger charge is 1.96. The smallest absolute Gasteiger partial charge is 0.188 e. The third-order valence-electron chi connectivity index (χ3n) is 2.77. The van der Waals surface area contributed by atoms with E-state index in [2.05, 4.69) is 52.9 Å². The summed E-state index contributed by atoms with van der Waals surface area (Å²) in [6, 6.07) is 12.5. The molecule has 0 saturated carbocycles. The van der Waals surface area contributed by atoms with Gasteiger partial charge in [0.2, 0.25) is 0 Å². The Hall–Kier alpha value is -1.08. The van der Waals surface area contributed by atoms with Crippen LogP contribution >= 0.6 is 35.3 Å². The van der Waals surface area contributed by atoms with Crippen LogP contribution in [0.1, 0.15) is 16.0 Å². The van der Waals surface area contributed by atoms with E-state index in [-0.39, 0.29) is 24.0 Å². The first-order valence-electron chi connectivity index (χ1n) is 6.36. The Balaban J connectivity index is 0.00000200. The SMILES string of the molecule is Cc1cccc(CN=C(N)NCCc2cccs2)c1.I. The maximum absolute atomic E-state index is 5.84. The van der Waals surface area contributed by atoms with Gasteiger partial charge >= 0.3 is 0 Å². The number of halogens is 1. The van der Waals surface area contributed by atoms with Crippen molar-refractivity contribution in [1.29, 1.82) is 0 Å². The zero-order chi connectivity index (χ0) is 13.5. The number of guanidine groups is 1. The molecule has 0 aliphatic rings. The van der Waals surface area contributed by atoms with E-state index in [4.69, 9.17) is 5.73 Å². The molecule has 2 rings (SSSR count). The lowest BCUT2D eigenvalue weighted by atomic mass is 10.1. The van der Waals surface area contributed by atoms with Gasteiger partial charge in [0.1, 0.15) is 0 Å². The van der Waals surface area contributed by atoms with Gasteiger partial charge < -0.3 is 11.1 Å². The molecule has 5 heteroatoms. The number of nitrogens with two attached hydrogens (primary N) is 1.